The van der Waals surface area contributed by atoms with Gasteiger partial charge in [-0.25, -0.2) is 14.6 Å². The van der Waals surface area contributed by atoms with Gasteiger partial charge in [-0.3, -0.25) is 10.1 Å². The van der Waals surface area contributed by atoms with Crippen LogP contribution in [0.4, 0.5) is 9.93 Å². The van der Waals surface area contributed by atoms with Gasteiger partial charge in [-0.2, -0.15) is 0 Å². The Balaban J connectivity index is 2.56. The Morgan fingerprint density at radius 3 is 2.74 bits per heavy atom. The number of carbonyl (C=O) groups excluding carboxylic acids is 2. The molecular formula is C9H10BrN3O5S. The van der Waals surface area contributed by atoms with Crippen molar-refractivity contribution in [1.82, 2.24) is 10.3 Å². The molecule has 0 aliphatic rings. The van der Waals surface area contributed by atoms with Crippen LogP contribution in [0.1, 0.15) is 6.42 Å². The predicted molar refractivity (Wildman–Crippen MR) is 70.0 cm³/mol. The molecule has 8 nitrogen and oxygen atoms in total. The molecule has 1 aromatic heterocycles. The lowest BCUT2D eigenvalue weighted by molar-refractivity contribution is -0.147. The fourth-order valence-corrected chi connectivity index (χ4v) is 2.16. The van der Waals surface area contributed by atoms with Gasteiger partial charge in [0.2, 0.25) is 0 Å². The Kier molecular flexibility index (Phi) is 5.70. The lowest BCUT2D eigenvalue weighted by Crippen LogP contribution is -2.44. The van der Waals surface area contributed by atoms with Crippen molar-refractivity contribution in [3.63, 3.8) is 0 Å². The molecule has 0 aliphatic carbocycles. The van der Waals surface area contributed by atoms with E-state index in [-0.39, 0.29) is 0 Å². The van der Waals surface area contributed by atoms with Gasteiger partial charge < -0.3 is 15.2 Å². The van der Waals surface area contributed by atoms with Gasteiger partial charge in [0.1, 0.15) is 6.04 Å². The zero-order chi connectivity index (χ0) is 14.4. The van der Waals surface area contributed by atoms with E-state index in [9.17, 15) is 14.4 Å². The quantitative estimate of drug-likeness (QED) is 0.682. The minimum Gasteiger partial charge on any atom is -0.480 e. The molecule has 0 spiro atoms. The molecule has 0 fully saturated rings. The van der Waals surface area contributed by atoms with E-state index in [1.807, 2.05) is 0 Å². The Morgan fingerprint density at radius 1 is 1.58 bits per heavy atom. The number of carbonyl (C=O) groups is 3. The number of aliphatic carboxylic acids is 1. The summed E-state index contributed by atoms with van der Waals surface area (Å²) in [5.74, 6) is -2.06. The van der Waals surface area contributed by atoms with E-state index in [0.29, 0.717) is 8.92 Å². The van der Waals surface area contributed by atoms with E-state index in [2.05, 4.69) is 36.3 Å². The zero-order valence-corrected chi connectivity index (χ0v) is 12.1. The molecule has 0 aliphatic heterocycles. The minimum absolute atomic E-state index is 0.298. The maximum absolute atomic E-state index is 11.5. The van der Waals surface area contributed by atoms with E-state index < -0.39 is 30.4 Å². The number of esters is 1. The average molecular weight is 352 g/mol. The maximum Gasteiger partial charge on any atom is 0.326 e. The van der Waals surface area contributed by atoms with Gasteiger partial charge in [0, 0.05) is 0 Å². The maximum atomic E-state index is 11.5. The molecule has 1 atom stereocenters. The molecule has 0 unspecified atom stereocenters. The summed E-state index contributed by atoms with van der Waals surface area (Å²) in [6, 6.07) is -2.13. The van der Waals surface area contributed by atoms with Crippen LogP contribution in [0, 0.1) is 0 Å². The molecule has 1 rings (SSSR count). The number of hydrogen-bond acceptors (Lipinski definition) is 6. The molecular weight excluding hydrogens is 342 g/mol. The third kappa shape index (κ3) is 5.22. The molecule has 0 aromatic carbocycles. The largest absolute Gasteiger partial charge is 0.480 e. The number of aromatic nitrogens is 1. The second-order valence-corrected chi connectivity index (χ2v) is 5.65. The number of rotatable bonds is 5. The van der Waals surface area contributed by atoms with Crippen LogP contribution in [0.15, 0.2) is 9.98 Å². The summed E-state index contributed by atoms with van der Waals surface area (Å²) in [6.45, 7) is 0. The Morgan fingerprint density at radius 2 is 2.26 bits per heavy atom. The third-order valence-corrected chi connectivity index (χ3v) is 3.29. The number of urea groups is 1. The van der Waals surface area contributed by atoms with Crippen LogP contribution < -0.4 is 10.6 Å². The van der Waals surface area contributed by atoms with Gasteiger partial charge in [-0.05, 0) is 15.9 Å². The van der Waals surface area contributed by atoms with Crippen molar-refractivity contribution in [1.29, 1.82) is 0 Å². The van der Waals surface area contributed by atoms with Crippen LogP contribution in [0.25, 0.3) is 0 Å². The minimum atomic E-state index is -1.36. The lowest BCUT2D eigenvalue weighted by atomic mass is 10.2. The molecule has 104 valence electrons. The topological polar surface area (TPSA) is 118 Å². The number of amides is 2. The predicted octanol–water partition coefficient (Wildman–Crippen LogP) is 1.04. The average Bonchev–Trinajstić information content (AvgIpc) is 2.73. The molecule has 0 bridgehead atoms. The number of nitrogens with zero attached hydrogens (tertiary/aromatic N) is 1. The van der Waals surface area contributed by atoms with E-state index in [1.165, 1.54) is 6.20 Å². The van der Waals surface area contributed by atoms with Gasteiger partial charge in [-0.15, -0.1) is 0 Å². The van der Waals surface area contributed by atoms with Crippen LogP contribution in [0.5, 0.6) is 0 Å². The first-order valence-corrected chi connectivity index (χ1v) is 6.51. The molecule has 10 heteroatoms. The Labute approximate surface area is 120 Å². The van der Waals surface area contributed by atoms with Gasteiger partial charge >= 0.3 is 18.0 Å². The highest BCUT2D eigenvalue weighted by Gasteiger charge is 2.24. The number of ether oxygens (including phenoxy) is 1. The first-order valence-electron chi connectivity index (χ1n) is 4.91. The van der Waals surface area contributed by atoms with Crippen LogP contribution >= 0.6 is 27.3 Å². The monoisotopic (exact) mass is 351 g/mol. The fourth-order valence-electron chi connectivity index (χ4n) is 1.05. The molecule has 0 radical (unpaired) electrons. The number of carboxylic acids is 1. The number of hydrogen-bond donors (Lipinski definition) is 3. The molecule has 1 aromatic rings. The SMILES string of the molecule is COC(=O)C[C@H](NC(=O)Nc1ncc(Br)s1)C(=O)O. The standard InChI is InChI=1S/C9H10BrN3O5S/c1-18-6(14)2-4(7(15)16)12-8(17)13-9-11-3-5(10)19-9/h3-4H,2H2,1H3,(H,15,16)(H2,11,12,13,17)/t4-/m0/s1. The second kappa shape index (κ2) is 7.04. The highest BCUT2D eigenvalue weighted by molar-refractivity contribution is 9.11. The van der Waals surface area contributed by atoms with Crippen molar-refractivity contribution in [3.8, 4) is 0 Å². The van der Waals surface area contributed by atoms with Gasteiger partial charge in [-0.1, -0.05) is 11.3 Å². The smallest absolute Gasteiger partial charge is 0.326 e. The summed E-state index contributed by atoms with van der Waals surface area (Å²) in [7, 11) is 1.13. The molecule has 2 amide bonds. The number of carboxylic acid groups (broad SMARTS) is 1. The summed E-state index contributed by atoms with van der Waals surface area (Å²) >= 11 is 4.33. The number of methoxy groups -OCH3 is 1. The first kappa shape index (κ1) is 15.4. The summed E-state index contributed by atoms with van der Waals surface area (Å²) in [4.78, 5) is 37.2. The van der Waals surface area contributed by atoms with E-state index in [4.69, 9.17) is 5.11 Å². The highest BCUT2D eigenvalue weighted by Crippen LogP contribution is 2.22. The normalized spacial score (nSPS) is 11.5. The van der Waals surface area contributed by atoms with Crippen molar-refractivity contribution >= 4 is 50.4 Å². The van der Waals surface area contributed by atoms with Crippen molar-refractivity contribution in [2.75, 3.05) is 12.4 Å². The summed E-state index contributed by atoms with van der Waals surface area (Å²) in [5, 5.41) is 13.7. The van der Waals surface area contributed by atoms with E-state index in [1.54, 1.807) is 0 Å². The third-order valence-electron chi connectivity index (χ3n) is 1.90. The van der Waals surface area contributed by atoms with Crippen LogP contribution in [0.3, 0.4) is 0 Å². The highest BCUT2D eigenvalue weighted by atomic mass is 79.9. The van der Waals surface area contributed by atoms with Crippen molar-refractivity contribution in [2.45, 2.75) is 12.5 Å². The van der Waals surface area contributed by atoms with Gasteiger partial charge in [0.15, 0.2) is 5.13 Å². The van der Waals surface area contributed by atoms with Gasteiger partial charge in [0.25, 0.3) is 0 Å². The fraction of sp³-hybridized carbons (Fsp3) is 0.333. The molecule has 0 saturated carbocycles. The molecule has 0 saturated heterocycles. The summed E-state index contributed by atoms with van der Waals surface area (Å²) in [5.41, 5.74) is 0. The first-order chi connectivity index (χ1) is 8.92. The van der Waals surface area contributed by atoms with Gasteiger partial charge in [0.05, 0.1) is 23.5 Å². The lowest BCUT2D eigenvalue weighted by Gasteiger charge is -2.13. The van der Waals surface area contributed by atoms with E-state index in [0.717, 1.165) is 18.4 Å². The Bertz CT molecular complexity index is 492. The molecule has 3 N–H and O–H groups in total. The van der Waals surface area contributed by atoms with Crippen molar-refractivity contribution < 1.29 is 24.2 Å². The van der Waals surface area contributed by atoms with Crippen LogP contribution in [-0.2, 0) is 14.3 Å². The molecule has 19 heavy (non-hydrogen) atoms. The molecule has 1 heterocycles. The Hall–Kier alpha value is -1.68. The zero-order valence-electron chi connectivity index (χ0n) is 9.68. The van der Waals surface area contributed by atoms with Crippen LogP contribution in [-0.4, -0.2) is 41.2 Å². The number of halogens is 1. The number of nitrogens with one attached hydrogen (secondary N) is 2. The second-order valence-electron chi connectivity index (χ2n) is 3.24. The van der Waals surface area contributed by atoms with Crippen molar-refractivity contribution in [2.24, 2.45) is 0 Å². The summed E-state index contributed by atoms with van der Waals surface area (Å²) < 4.78 is 5.06. The number of thiazole rings is 1. The van der Waals surface area contributed by atoms with E-state index >= 15 is 0 Å². The van der Waals surface area contributed by atoms with Crippen LogP contribution in [0.2, 0.25) is 0 Å². The number of anilines is 1. The van der Waals surface area contributed by atoms with Crippen molar-refractivity contribution in [3.05, 3.63) is 9.98 Å². The summed E-state index contributed by atoms with van der Waals surface area (Å²) in [6.07, 6.45) is 1.03.